The number of nitrogens with two attached hydrogens (primary N) is 1. The molecule has 0 aliphatic heterocycles. The summed E-state index contributed by atoms with van der Waals surface area (Å²) in [6.07, 6.45) is 0.521. The van der Waals surface area contributed by atoms with Crippen LogP contribution in [-0.2, 0) is 4.79 Å². The number of carbonyl (C=O) groups is 1. The molecular weight excluding hydrogens is 202 g/mol. The van der Waals surface area contributed by atoms with E-state index in [1.165, 1.54) is 0 Å². The number of amides is 1. The molecule has 0 aromatic heterocycles. The molecule has 2 atom stereocenters. The van der Waals surface area contributed by atoms with Crippen molar-refractivity contribution in [2.45, 2.75) is 33.2 Å². The average molecular weight is 229 g/mol. The fourth-order valence-electron chi connectivity index (χ4n) is 1.48. The van der Waals surface area contributed by atoms with E-state index in [4.69, 9.17) is 5.73 Å². The molecule has 3 N–H and O–H groups in total. The van der Waals surface area contributed by atoms with E-state index >= 15 is 0 Å². The molecule has 96 valence electrons. The van der Waals surface area contributed by atoms with Crippen LogP contribution in [0, 0.1) is 11.8 Å². The van der Waals surface area contributed by atoms with Gasteiger partial charge in [-0.2, -0.15) is 0 Å². The van der Waals surface area contributed by atoms with Gasteiger partial charge >= 0.3 is 0 Å². The number of nitrogens with zero attached hydrogens (tertiary/aromatic N) is 1. The molecule has 0 radical (unpaired) electrons. The lowest BCUT2D eigenvalue weighted by Gasteiger charge is -2.26. The molecule has 16 heavy (non-hydrogen) atoms. The van der Waals surface area contributed by atoms with Crippen LogP contribution in [-0.4, -0.2) is 44.0 Å². The highest BCUT2D eigenvalue weighted by molar-refractivity contribution is 5.76. The monoisotopic (exact) mass is 229 g/mol. The van der Waals surface area contributed by atoms with E-state index < -0.39 is 0 Å². The summed E-state index contributed by atoms with van der Waals surface area (Å²) in [6.45, 7) is 7.69. The lowest BCUT2D eigenvalue weighted by Crippen LogP contribution is -2.45. The van der Waals surface area contributed by atoms with Crippen LogP contribution in [0.1, 0.15) is 27.2 Å². The number of hydrogen-bond acceptors (Lipinski definition) is 3. The summed E-state index contributed by atoms with van der Waals surface area (Å²) in [5, 5.41) is 3.08. The highest BCUT2D eigenvalue weighted by Gasteiger charge is 2.17. The summed E-state index contributed by atoms with van der Waals surface area (Å²) in [5.74, 6) is 0.810. The fraction of sp³-hybridized carbons (Fsp3) is 0.917. The Morgan fingerprint density at radius 3 is 2.25 bits per heavy atom. The Morgan fingerprint density at radius 2 is 1.88 bits per heavy atom. The van der Waals surface area contributed by atoms with E-state index in [0.29, 0.717) is 18.9 Å². The molecule has 0 aromatic carbocycles. The SMILES string of the molecule is CC(CN)CC(=O)NC(CN(C)C)C(C)C. The summed E-state index contributed by atoms with van der Waals surface area (Å²) >= 11 is 0. The molecule has 4 heteroatoms. The van der Waals surface area contributed by atoms with Gasteiger partial charge in [-0.25, -0.2) is 0 Å². The first-order valence-electron chi connectivity index (χ1n) is 6.01. The number of hydrogen-bond donors (Lipinski definition) is 2. The maximum Gasteiger partial charge on any atom is 0.220 e. The lowest BCUT2D eigenvalue weighted by molar-refractivity contribution is -0.123. The predicted molar refractivity (Wildman–Crippen MR) is 68.2 cm³/mol. The van der Waals surface area contributed by atoms with Gasteiger partial charge in [-0.3, -0.25) is 4.79 Å². The number of rotatable bonds is 7. The van der Waals surface area contributed by atoms with Gasteiger partial charge in [-0.15, -0.1) is 0 Å². The molecule has 0 rings (SSSR count). The van der Waals surface area contributed by atoms with E-state index in [1.807, 2.05) is 21.0 Å². The third-order valence-corrected chi connectivity index (χ3v) is 2.65. The highest BCUT2D eigenvalue weighted by atomic mass is 16.1. The molecule has 0 aliphatic rings. The van der Waals surface area contributed by atoms with Crippen LogP contribution in [0.4, 0.5) is 0 Å². The molecule has 0 saturated heterocycles. The summed E-state index contributed by atoms with van der Waals surface area (Å²) in [7, 11) is 4.04. The van der Waals surface area contributed by atoms with Crippen molar-refractivity contribution in [3.05, 3.63) is 0 Å². The third-order valence-electron chi connectivity index (χ3n) is 2.65. The van der Waals surface area contributed by atoms with Gasteiger partial charge in [-0.1, -0.05) is 20.8 Å². The minimum absolute atomic E-state index is 0.110. The molecule has 0 saturated carbocycles. The summed E-state index contributed by atoms with van der Waals surface area (Å²) in [4.78, 5) is 13.8. The van der Waals surface area contributed by atoms with Crippen LogP contribution >= 0.6 is 0 Å². The molecule has 0 aliphatic carbocycles. The molecule has 0 fully saturated rings. The summed E-state index contributed by atoms with van der Waals surface area (Å²) < 4.78 is 0. The van der Waals surface area contributed by atoms with Crippen molar-refractivity contribution >= 4 is 5.91 Å². The molecular formula is C12H27N3O. The van der Waals surface area contributed by atoms with E-state index in [2.05, 4.69) is 24.1 Å². The van der Waals surface area contributed by atoms with Gasteiger partial charge in [0.1, 0.15) is 0 Å². The zero-order valence-electron chi connectivity index (χ0n) is 11.3. The first-order valence-corrected chi connectivity index (χ1v) is 6.01. The summed E-state index contributed by atoms with van der Waals surface area (Å²) in [5.41, 5.74) is 5.50. The van der Waals surface area contributed by atoms with E-state index in [-0.39, 0.29) is 17.9 Å². The number of nitrogens with one attached hydrogen (secondary N) is 1. The first-order chi connectivity index (χ1) is 7.36. The maximum absolute atomic E-state index is 11.7. The Labute approximate surface area is 99.6 Å². The van der Waals surface area contributed by atoms with Crippen LogP contribution in [0.5, 0.6) is 0 Å². The van der Waals surface area contributed by atoms with E-state index in [0.717, 1.165) is 6.54 Å². The standard InChI is InChI=1S/C12H27N3O/c1-9(2)11(8-15(4)5)14-12(16)6-10(3)7-13/h9-11H,6-8,13H2,1-5H3,(H,14,16). The van der Waals surface area contributed by atoms with E-state index in [1.54, 1.807) is 0 Å². The second-order valence-corrected chi connectivity index (χ2v) is 5.23. The normalized spacial score (nSPS) is 15.2. The third kappa shape index (κ3) is 6.80. The molecule has 0 spiro atoms. The van der Waals surface area contributed by atoms with E-state index in [9.17, 15) is 4.79 Å². The Morgan fingerprint density at radius 1 is 1.31 bits per heavy atom. The minimum Gasteiger partial charge on any atom is -0.352 e. The molecule has 0 aromatic rings. The largest absolute Gasteiger partial charge is 0.352 e. The Bertz CT molecular complexity index is 204. The van der Waals surface area contributed by atoms with Gasteiger partial charge in [-0.05, 0) is 32.5 Å². The van der Waals surface area contributed by atoms with Gasteiger partial charge in [0.2, 0.25) is 5.91 Å². The topological polar surface area (TPSA) is 58.4 Å². The Kier molecular flexibility index (Phi) is 7.34. The van der Waals surface area contributed by atoms with Crippen LogP contribution in [0.25, 0.3) is 0 Å². The first kappa shape index (κ1) is 15.4. The predicted octanol–water partition coefficient (Wildman–Crippen LogP) is 0.674. The molecule has 1 amide bonds. The van der Waals surface area contributed by atoms with Crippen LogP contribution in [0.3, 0.4) is 0 Å². The van der Waals surface area contributed by atoms with Gasteiger partial charge in [0.05, 0.1) is 0 Å². The fourth-order valence-corrected chi connectivity index (χ4v) is 1.48. The van der Waals surface area contributed by atoms with Crippen LogP contribution in [0.2, 0.25) is 0 Å². The van der Waals surface area contributed by atoms with Gasteiger partial charge in [0.25, 0.3) is 0 Å². The van der Waals surface area contributed by atoms with Gasteiger partial charge in [0.15, 0.2) is 0 Å². The zero-order valence-corrected chi connectivity index (χ0v) is 11.3. The smallest absolute Gasteiger partial charge is 0.220 e. The van der Waals surface area contributed by atoms with Gasteiger partial charge in [0, 0.05) is 19.0 Å². The molecule has 0 bridgehead atoms. The lowest BCUT2D eigenvalue weighted by atomic mass is 10.0. The second kappa shape index (κ2) is 7.63. The van der Waals surface area contributed by atoms with Crippen LogP contribution in [0.15, 0.2) is 0 Å². The van der Waals surface area contributed by atoms with Crippen molar-refractivity contribution in [2.24, 2.45) is 17.6 Å². The molecule has 0 heterocycles. The average Bonchev–Trinajstić information content (AvgIpc) is 2.15. The minimum atomic E-state index is 0.110. The maximum atomic E-state index is 11.7. The molecule has 2 unspecified atom stereocenters. The zero-order chi connectivity index (χ0) is 12.7. The number of carbonyl (C=O) groups excluding carboxylic acids is 1. The van der Waals surface area contributed by atoms with Crippen molar-refractivity contribution < 1.29 is 4.79 Å². The number of likely N-dealkylation sites (N-methyl/N-ethyl adjacent to an activating group) is 1. The Hall–Kier alpha value is -0.610. The Balaban J connectivity index is 4.13. The van der Waals surface area contributed by atoms with Crippen molar-refractivity contribution in [1.29, 1.82) is 0 Å². The van der Waals surface area contributed by atoms with Crippen molar-refractivity contribution in [3.63, 3.8) is 0 Å². The van der Waals surface area contributed by atoms with Crippen molar-refractivity contribution in [1.82, 2.24) is 10.2 Å². The van der Waals surface area contributed by atoms with Crippen molar-refractivity contribution in [2.75, 3.05) is 27.2 Å². The van der Waals surface area contributed by atoms with Crippen molar-refractivity contribution in [3.8, 4) is 0 Å². The summed E-state index contributed by atoms with van der Waals surface area (Å²) in [6, 6.07) is 0.215. The van der Waals surface area contributed by atoms with Crippen LogP contribution < -0.4 is 11.1 Å². The quantitative estimate of drug-likeness (QED) is 0.675. The molecule has 4 nitrogen and oxygen atoms in total. The second-order valence-electron chi connectivity index (χ2n) is 5.23. The van der Waals surface area contributed by atoms with Gasteiger partial charge < -0.3 is 16.0 Å². The highest BCUT2D eigenvalue weighted by Crippen LogP contribution is 2.05.